The molecule has 1 N–H and O–H groups in total. The van der Waals surface area contributed by atoms with Crippen molar-refractivity contribution in [3.8, 4) is 0 Å². The molecule has 2 rings (SSSR count). The molecule has 1 heterocycles. The topological polar surface area (TPSA) is 60.2 Å². The van der Waals surface area contributed by atoms with Gasteiger partial charge in [0, 0.05) is 13.7 Å². The Morgan fingerprint density at radius 3 is 2.82 bits per heavy atom. The molecular formula is C12H21N3O2. The van der Waals surface area contributed by atoms with Gasteiger partial charge < -0.3 is 9.84 Å². The van der Waals surface area contributed by atoms with Gasteiger partial charge >= 0.3 is 0 Å². The smallest absolute Gasteiger partial charge is 0.126 e. The van der Waals surface area contributed by atoms with Gasteiger partial charge in [0.15, 0.2) is 0 Å². The molecule has 96 valence electrons. The van der Waals surface area contributed by atoms with E-state index in [1.54, 1.807) is 18.0 Å². The second kappa shape index (κ2) is 5.14. The van der Waals surface area contributed by atoms with E-state index >= 15 is 0 Å². The Morgan fingerprint density at radius 1 is 1.53 bits per heavy atom. The molecule has 1 unspecified atom stereocenters. The summed E-state index contributed by atoms with van der Waals surface area (Å²) in [5.41, 5.74) is 0.336. The lowest BCUT2D eigenvalue weighted by Crippen LogP contribution is -2.36. The molecule has 0 amide bonds. The van der Waals surface area contributed by atoms with Crippen molar-refractivity contribution in [1.29, 1.82) is 0 Å². The van der Waals surface area contributed by atoms with Gasteiger partial charge in [-0.15, -0.1) is 5.10 Å². The first-order valence-electron chi connectivity index (χ1n) is 6.35. The Kier molecular flexibility index (Phi) is 3.79. The van der Waals surface area contributed by atoms with E-state index in [2.05, 4.69) is 17.2 Å². The summed E-state index contributed by atoms with van der Waals surface area (Å²) in [6.07, 6.45) is 6.03. The predicted molar refractivity (Wildman–Crippen MR) is 63.5 cm³/mol. The fourth-order valence-electron chi connectivity index (χ4n) is 2.70. The van der Waals surface area contributed by atoms with Crippen LogP contribution < -0.4 is 0 Å². The first-order valence-corrected chi connectivity index (χ1v) is 6.35. The van der Waals surface area contributed by atoms with E-state index < -0.39 is 11.7 Å². The van der Waals surface area contributed by atoms with Crippen LogP contribution in [0.2, 0.25) is 0 Å². The Hall–Kier alpha value is -0.940. The first kappa shape index (κ1) is 12.5. The van der Waals surface area contributed by atoms with Crippen molar-refractivity contribution in [2.45, 2.75) is 57.3 Å². The van der Waals surface area contributed by atoms with Crippen LogP contribution in [0.1, 0.15) is 50.8 Å². The summed E-state index contributed by atoms with van der Waals surface area (Å²) in [6, 6.07) is 0. The van der Waals surface area contributed by atoms with Gasteiger partial charge in [-0.2, -0.15) is 0 Å². The molecule has 1 fully saturated rings. The summed E-state index contributed by atoms with van der Waals surface area (Å²) < 4.78 is 7.38. The number of aliphatic hydroxyl groups is 1. The number of hydrogen-bond acceptors (Lipinski definition) is 4. The lowest BCUT2D eigenvalue weighted by atomic mass is 9.92. The van der Waals surface area contributed by atoms with E-state index in [4.69, 9.17) is 4.74 Å². The number of nitrogens with zero attached hydrogens (tertiary/aromatic N) is 3. The SMILES string of the molecule is CCCn1nncc1C(O)C1(OC)CCCC1. The van der Waals surface area contributed by atoms with E-state index in [1.165, 1.54) is 0 Å². The number of methoxy groups -OCH3 is 1. The van der Waals surface area contributed by atoms with E-state index in [0.29, 0.717) is 0 Å². The lowest BCUT2D eigenvalue weighted by molar-refractivity contribution is -0.103. The van der Waals surface area contributed by atoms with Crippen LogP contribution >= 0.6 is 0 Å². The third-order valence-electron chi connectivity index (χ3n) is 3.72. The van der Waals surface area contributed by atoms with Crippen molar-refractivity contribution < 1.29 is 9.84 Å². The fourth-order valence-corrected chi connectivity index (χ4v) is 2.70. The fraction of sp³-hybridized carbons (Fsp3) is 0.833. The molecule has 1 saturated carbocycles. The number of rotatable bonds is 5. The van der Waals surface area contributed by atoms with Gasteiger partial charge in [0.05, 0.1) is 17.5 Å². The minimum atomic E-state index is -0.628. The molecule has 1 aromatic rings. The Bertz CT molecular complexity index is 358. The van der Waals surface area contributed by atoms with Crippen molar-refractivity contribution >= 4 is 0 Å². The maximum atomic E-state index is 10.5. The van der Waals surface area contributed by atoms with E-state index in [-0.39, 0.29) is 0 Å². The average molecular weight is 239 g/mol. The van der Waals surface area contributed by atoms with Crippen LogP contribution in [0.15, 0.2) is 6.20 Å². The van der Waals surface area contributed by atoms with Crippen molar-refractivity contribution in [3.05, 3.63) is 11.9 Å². The van der Waals surface area contributed by atoms with Crippen LogP contribution in [0.3, 0.4) is 0 Å². The molecule has 0 aromatic carbocycles. The van der Waals surface area contributed by atoms with Crippen LogP contribution in [0.5, 0.6) is 0 Å². The van der Waals surface area contributed by atoms with E-state index in [9.17, 15) is 5.11 Å². The zero-order valence-electron chi connectivity index (χ0n) is 10.6. The van der Waals surface area contributed by atoms with Gasteiger partial charge in [-0.05, 0) is 19.3 Å². The molecule has 5 heteroatoms. The molecule has 0 saturated heterocycles. The van der Waals surface area contributed by atoms with Crippen molar-refractivity contribution in [3.63, 3.8) is 0 Å². The molecule has 1 aliphatic rings. The summed E-state index contributed by atoms with van der Waals surface area (Å²) in [5, 5.41) is 18.5. The third kappa shape index (κ3) is 2.21. The Morgan fingerprint density at radius 2 is 2.24 bits per heavy atom. The normalized spacial score (nSPS) is 20.6. The van der Waals surface area contributed by atoms with Gasteiger partial charge in [-0.1, -0.05) is 25.0 Å². The number of ether oxygens (including phenoxy) is 1. The summed E-state index contributed by atoms with van der Waals surface area (Å²) in [5.74, 6) is 0. The first-order chi connectivity index (χ1) is 8.23. The summed E-state index contributed by atoms with van der Waals surface area (Å²) in [6.45, 7) is 2.87. The van der Waals surface area contributed by atoms with Crippen LogP contribution in [-0.4, -0.2) is 32.8 Å². The largest absolute Gasteiger partial charge is 0.384 e. The maximum Gasteiger partial charge on any atom is 0.126 e. The molecule has 1 aromatic heterocycles. The summed E-state index contributed by atoms with van der Waals surface area (Å²) in [7, 11) is 1.68. The second-order valence-corrected chi connectivity index (χ2v) is 4.76. The zero-order valence-corrected chi connectivity index (χ0v) is 10.6. The van der Waals surface area contributed by atoms with Gasteiger partial charge in [0.25, 0.3) is 0 Å². The summed E-state index contributed by atoms with van der Waals surface area (Å²) >= 11 is 0. The number of aryl methyl sites for hydroxylation is 1. The minimum absolute atomic E-state index is 0.437. The molecule has 0 bridgehead atoms. The highest BCUT2D eigenvalue weighted by atomic mass is 16.5. The summed E-state index contributed by atoms with van der Waals surface area (Å²) in [4.78, 5) is 0. The van der Waals surface area contributed by atoms with Crippen LogP contribution in [0.25, 0.3) is 0 Å². The van der Waals surface area contributed by atoms with Gasteiger partial charge in [0.1, 0.15) is 6.10 Å². The zero-order chi connectivity index (χ0) is 12.3. The molecule has 0 aliphatic heterocycles. The molecule has 1 aliphatic carbocycles. The van der Waals surface area contributed by atoms with Crippen molar-refractivity contribution in [2.75, 3.05) is 7.11 Å². The van der Waals surface area contributed by atoms with Gasteiger partial charge in [-0.25, -0.2) is 4.68 Å². The van der Waals surface area contributed by atoms with E-state index in [0.717, 1.165) is 44.3 Å². The second-order valence-electron chi connectivity index (χ2n) is 4.76. The Labute approximate surface area is 102 Å². The maximum absolute atomic E-state index is 10.5. The number of aliphatic hydroxyl groups excluding tert-OH is 1. The number of aromatic nitrogens is 3. The standard InChI is InChI=1S/C12H21N3O2/c1-3-8-15-10(9-13-14-15)11(16)12(17-2)6-4-5-7-12/h9,11,16H,3-8H2,1-2H3. The molecule has 1 atom stereocenters. The minimum Gasteiger partial charge on any atom is -0.384 e. The van der Waals surface area contributed by atoms with E-state index in [1.807, 2.05) is 0 Å². The lowest BCUT2D eigenvalue weighted by Gasteiger charge is -2.32. The molecular weight excluding hydrogens is 218 g/mol. The molecule has 17 heavy (non-hydrogen) atoms. The van der Waals surface area contributed by atoms with Crippen LogP contribution in [0.4, 0.5) is 0 Å². The third-order valence-corrected chi connectivity index (χ3v) is 3.72. The monoisotopic (exact) mass is 239 g/mol. The molecule has 0 spiro atoms. The highest BCUT2D eigenvalue weighted by Crippen LogP contribution is 2.42. The molecule has 5 nitrogen and oxygen atoms in total. The van der Waals surface area contributed by atoms with Gasteiger partial charge in [-0.3, -0.25) is 0 Å². The van der Waals surface area contributed by atoms with Crippen LogP contribution in [-0.2, 0) is 11.3 Å². The predicted octanol–water partition coefficient (Wildman–Crippen LogP) is 1.68. The quantitative estimate of drug-likeness (QED) is 0.849. The Balaban J connectivity index is 2.22. The number of hydrogen-bond donors (Lipinski definition) is 1. The van der Waals surface area contributed by atoms with Crippen molar-refractivity contribution in [2.24, 2.45) is 0 Å². The average Bonchev–Trinajstić information content (AvgIpc) is 2.97. The van der Waals surface area contributed by atoms with Crippen molar-refractivity contribution in [1.82, 2.24) is 15.0 Å². The van der Waals surface area contributed by atoms with Gasteiger partial charge in [0.2, 0.25) is 0 Å². The van der Waals surface area contributed by atoms with Crippen LogP contribution in [0, 0.1) is 0 Å². The highest BCUT2D eigenvalue weighted by molar-refractivity contribution is 5.08. The molecule has 0 radical (unpaired) electrons. The highest BCUT2D eigenvalue weighted by Gasteiger charge is 2.43.